The normalized spacial score (nSPS) is 16.9. The van der Waals surface area contributed by atoms with E-state index in [1.165, 1.54) is 5.56 Å². The molecule has 3 nitrogen and oxygen atoms in total. The summed E-state index contributed by atoms with van der Waals surface area (Å²) in [6.07, 6.45) is 1.58. The molecule has 0 fully saturated rings. The van der Waals surface area contributed by atoms with Gasteiger partial charge in [0.2, 0.25) is 0 Å². The van der Waals surface area contributed by atoms with Crippen LogP contribution in [-0.4, -0.2) is 10.5 Å². The summed E-state index contributed by atoms with van der Waals surface area (Å²) < 4.78 is 7.69. The molecule has 0 radical (unpaired) electrons. The van der Waals surface area contributed by atoms with Crippen molar-refractivity contribution >= 4 is 16.9 Å². The van der Waals surface area contributed by atoms with Gasteiger partial charge in [-0.15, -0.1) is 0 Å². The molecule has 0 saturated heterocycles. The van der Waals surface area contributed by atoms with Crippen LogP contribution in [0, 0.1) is 6.92 Å². The van der Waals surface area contributed by atoms with Gasteiger partial charge in [0.1, 0.15) is 5.69 Å². The molecule has 0 N–H and O–H groups in total. The molecule has 1 aromatic heterocycles. The van der Waals surface area contributed by atoms with E-state index in [0.29, 0.717) is 5.69 Å². The van der Waals surface area contributed by atoms with Gasteiger partial charge in [-0.25, -0.2) is 4.79 Å². The Hall–Kier alpha value is -1.77. The quantitative estimate of drug-likeness (QED) is 0.755. The number of carbonyl (C=O) groups is 1. The maximum Gasteiger partial charge on any atom is 0.357 e. The van der Waals surface area contributed by atoms with Crippen LogP contribution in [0.4, 0.5) is 0 Å². The molecule has 1 aliphatic rings. The molecular weight excluding hydrogens is 226 g/mol. The Labute approximate surface area is 106 Å². The number of fused-ring (bicyclic) bond motifs is 3. The summed E-state index contributed by atoms with van der Waals surface area (Å²) in [5.74, 6) is -0.201. The fourth-order valence-electron chi connectivity index (χ4n) is 2.91. The molecule has 0 unspecified atom stereocenters. The van der Waals surface area contributed by atoms with Gasteiger partial charge in [0, 0.05) is 18.2 Å². The van der Waals surface area contributed by atoms with Crippen molar-refractivity contribution < 1.29 is 9.53 Å². The third-order valence-corrected chi connectivity index (χ3v) is 3.96. The average Bonchev–Trinajstić information content (AvgIpc) is 2.86. The van der Waals surface area contributed by atoms with Crippen LogP contribution >= 0.6 is 0 Å². The highest BCUT2D eigenvalue weighted by molar-refractivity contribution is 5.98. The Morgan fingerprint density at radius 2 is 1.94 bits per heavy atom. The van der Waals surface area contributed by atoms with Crippen LogP contribution < -0.4 is 0 Å². The van der Waals surface area contributed by atoms with Gasteiger partial charge in [0.25, 0.3) is 0 Å². The monoisotopic (exact) mass is 243 g/mol. The minimum absolute atomic E-state index is 0.201. The minimum atomic E-state index is -0.497. The lowest BCUT2D eigenvalue weighted by atomic mass is 10.1. The number of aromatic nitrogens is 1. The SMILES string of the molecule is CCC1(CC)OC(=O)c2cc3cc(C)ccc3n21. The van der Waals surface area contributed by atoms with Crippen molar-refractivity contribution in [2.45, 2.75) is 39.3 Å². The smallest absolute Gasteiger partial charge is 0.357 e. The van der Waals surface area contributed by atoms with Crippen LogP contribution in [0.15, 0.2) is 24.3 Å². The lowest BCUT2D eigenvalue weighted by Gasteiger charge is -2.28. The summed E-state index contributed by atoms with van der Waals surface area (Å²) in [4.78, 5) is 12.0. The summed E-state index contributed by atoms with van der Waals surface area (Å²) in [5.41, 5.74) is 2.48. The summed E-state index contributed by atoms with van der Waals surface area (Å²) in [6.45, 7) is 6.19. The van der Waals surface area contributed by atoms with Gasteiger partial charge in [0.15, 0.2) is 5.72 Å². The molecule has 1 aliphatic heterocycles. The molecule has 0 saturated carbocycles. The van der Waals surface area contributed by atoms with Crippen LogP contribution in [0.2, 0.25) is 0 Å². The Morgan fingerprint density at radius 1 is 1.22 bits per heavy atom. The third-order valence-electron chi connectivity index (χ3n) is 3.96. The van der Waals surface area contributed by atoms with E-state index in [1.54, 1.807) is 0 Å². The first-order valence-electron chi connectivity index (χ1n) is 6.47. The van der Waals surface area contributed by atoms with E-state index in [-0.39, 0.29) is 5.97 Å². The summed E-state index contributed by atoms with van der Waals surface area (Å²) in [7, 11) is 0. The molecule has 0 bridgehead atoms. The maximum absolute atomic E-state index is 12.0. The molecule has 3 rings (SSSR count). The Balaban J connectivity index is 2.36. The molecule has 3 heteroatoms. The molecule has 94 valence electrons. The number of benzene rings is 1. The molecule has 0 amide bonds. The highest BCUT2D eigenvalue weighted by Gasteiger charge is 2.43. The van der Waals surface area contributed by atoms with Gasteiger partial charge in [-0.2, -0.15) is 0 Å². The van der Waals surface area contributed by atoms with Crippen LogP contribution in [-0.2, 0) is 10.5 Å². The van der Waals surface area contributed by atoms with Crippen LogP contribution in [0.3, 0.4) is 0 Å². The lowest BCUT2D eigenvalue weighted by molar-refractivity contribution is -0.0468. The molecule has 2 heterocycles. The van der Waals surface area contributed by atoms with E-state index in [2.05, 4.69) is 43.5 Å². The van der Waals surface area contributed by atoms with E-state index in [9.17, 15) is 4.79 Å². The maximum atomic E-state index is 12.0. The van der Waals surface area contributed by atoms with Gasteiger partial charge in [-0.3, -0.25) is 4.57 Å². The minimum Gasteiger partial charge on any atom is -0.434 e. The number of ether oxygens (including phenoxy) is 1. The van der Waals surface area contributed by atoms with Crippen molar-refractivity contribution in [1.29, 1.82) is 0 Å². The van der Waals surface area contributed by atoms with E-state index >= 15 is 0 Å². The number of esters is 1. The number of hydrogen-bond acceptors (Lipinski definition) is 2. The Kier molecular flexibility index (Phi) is 2.27. The van der Waals surface area contributed by atoms with E-state index < -0.39 is 5.72 Å². The van der Waals surface area contributed by atoms with Gasteiger partial charge < -0.3 is 4.74 Å². The molecule has 18 heavy (non-hydrogen) atoms. The summed E-state index contributed by atoms with van der Waals surface area (Å²) in [5, 5.41) is 1.12. The molecule has 0 atom stereocenters. The van der Waals surface area contributed by atoms with E-state index in [1.807, 2.05) is 6.07 Å². The zero-order chi connectivity index (χ0) is 12.9. The zero-order valence-electron chi connectivity index (χ0n) is 11.0. The van der Waals surface area contributed by atoms with Crippen LogP contribution in [0.1, 0.15) is 42.7 Å². The molecule has 0 aliphatic carbocycles. The highest BCUT2D eigenvalue weighted by Crippen LogP contribution is 2.40. The van der Waals surface area contributed by atoms with E-state index in [0.717, 1.165) is 23.7 Å². The van der Waals surface area contributed by atoms with Gasteiger partial charge in [0.05, 0.1) is 5.52 Å². The number of nitrogens with zero attached hydrogens (tertiary/aromatic N) is 1. The number of cyclic esters (lactones) is 1. The lowest BCUT2D eigenvalue weighted by Crippen LogP contribution is -2.30. The van der Waals surface area contributed by atoms with Gasteiger partial charge >= 0.3 is 5.97 Å². The second kappa shape index (κ2) is 3.61. The topological polar surface area (TPSA) is 31.2 Å². The Bertz CT molecular complexity index is 635. The average molecular weight is 243 g/mol. The van der Waals surface area contributed by atoms with Crippen LogP contribution in [0.25, 0.3) is 10.9 Å². The first-order chi connectivity index (χ1) is 8.61. The van der Waals surface area contributed by atoms with Crippen molar-refractivity contribution in [2.75, 3.05) is 0 Å². The first-order valence-corrected chi connectivity index (χ1v) is 6.47. The van der Waals surface area contributed by atoms with Crippen molar-refractivity contribution in [2.24, 2.45) is 0 Å². The first kappa shape index (κ1) is 11.3. The number of hydrogen-bond donors (Lipinski definition) is 0. The number of aryl methyl sites for hydroxylation is 1. The van der Waals surface area contributed by atoms with Crippen molar-refractivity contribution in [3.8, 4) is 0 Å². The Morgan fingerprint density at radius 3 is 2.61 bits per heavy atom. The second-order valence-corrected chi connectivity index (χ2v) is 4.97. The van der Waals surface area contributed by atoms with Crippen molar-refractivity contribution in [3.63, 3.8) is 0 Å². The highest BCUT2D eigenvalue weighted by atomic mass is 16.6. The molecular formula is C15H17NO2. The van der Waals surface area contributed by atoms with Gasteiger partial charge in [-0.1, -0.05) is 25.5 Å². The summed E-state index contributed by atoms with van der Waals surface area (Å²) >= 11 is 0. The van der Waals surface area contributed by atoms with Crippen molar-refractivity contribution in [3.05, 3.63) is 35.5 Å². The summed E-state index contributed by atoms with van der Waals surface area (Å²) in [6, 6.07) is 8.21. The molecule has 1 aromatic carbocycles. The number of rotatable bonds is 2. The molecule has 2 aromatic rings. The fourth-order valence-corrected chi connectivity index (χ4v) is 2.91. The predicted octanol–water partition coefficient (Wildman–Crippen LogP) is 3.59. The van der Waals surface area contributed by atoms with Gasteiger partial charge in [-0.05, 0) is 25.1 Å². The van der Waals surface area contributed by atoms with Crippen molar-refractivity contribution in [1.82, 2.24) is 4.57 Å². The second-order valence-electron chi connectivity index (χ2n) is 4.97. The standard InChI is InChI=1S/C15H17NO2/c1-4-15(5-2)16-12-7-6-10(3)8-11(12)9-13(16)14(17)18-15/h6-9H,4-5H2,1-3H3. The fraction of sp³-hybridized carbons (Fsp3) is 0.400. The molecule has 0 spiro atoms. The van der Waals surface area contributed by atoms with E-state index in [4.69, 9.17) is 4.74 Å². The third kappa shape index (κ3) is 1.27. The zero-order valence-corrected chi connectivity index (χ0v) is 11.0. The van der Waals surface area contributed by atoms with Crippen LogP contribution in [0.5, 0.6) is 0 Å². The largest absolute Gasteiger partial charge is 0.434 e. The predicted molar refractivity (Wildman–Crippen MR) is 70.6 cm³/mol. The number of carbonyl (C=O) groups excluding carboxylic acids is 1.